The minimum Gasteiger partial charge on any atom is -0.488 e. The van der Waals surface area contributed by atoms with Gasteiger partial charge in [-0.25, -0.2) is 0 Å². The number of thioether (sulfide) groups is 1. The zero-order valence-corrected chi connectivity index (χ0v) is 12.8. The first kappa shape index (κ1) is 15.4. The number of nitrogens with zero attached hydrogens (tertiary/aromatic N) is 1. The lowest BCUT2D eigenvalue weighted by Crippen LogP contribution is -2.30. The molecule has 0 spiro atoms. The van der Waals surface area contributed by atoms with Gasteiger partial charge in [0.05, 0.1) is 11.3 Å². The summed E-state index contributed by atoms with van der Waals surface area (Å²) in [5.41, 5.74) is 1.70. The summed E-state index contributed by atoms with van der Waals surface area (Å²) in [5.74, 6) is -0.728. The van der Waals surface area contributed by atoms with E-state index in [1.165, 1.54) is 0 Å². The summed E-state index contributed by atoms with van der Waals surface area (Å²) in [6, 6.07) is 7.54. The highest BCUT2D eigenvalue weighted by Gasteiger charge is 2.35. The second kappa shape index (κ2) is 6.29. The number of ether oxygens (including phenoxy) is 1. The third-order valence-corrected chi connectivity index (χ3v) is 4.30. The number of carbonyl (C=O) groups is 3. The van der Waals surface area contributed by atoms with Crippen molar-refractivity contribution in [2.75, 3.05) is 13.2 Å². The molecule has 6 nitrogen and oxygen atoms in total. The normalized spacial score (nSPS) is 18.7. The van der Waals surface area contributed by atoms with Crippen molar-refractivity contribution in [1.82, 2.24) is 4.90 Å². The Labute approximate surface area is 136 Å². The Morgan fingerprint density at radius 1 is 1.35 bits per heavy atom. The monoisotopic (exact) mass is 331 g/mol. The lowest BCUT2D eigenvalue weighted by molar-refractivity contribution is -0.137. The van der Waals surface area contributed by atoms with E-state index >= 15 is 0 Å². The molecule has 1 aromatic carbocycles. The van der Waals surface area contributed by atoms with Crippen molar-refractivity contribution in [3.05, 3.63) is 46.4 Å². The van der Waals surface area contributed by atoms with Gasteiger partial charge in [0.15, 0.2) is 0 Å². The number of para-hydroxylation sites is 1. The van der Waals surface area contributed by atoms with Gasteiger partial charge in [-0.2, -0.15) is 0 Å². The maximum Gasteiger partial charge on any atom is 0.305 e. The van der Waals surface area contributed by atoms with Crippen LogP contribution in [0.1, 0.15) is 12.0 Å². The van der Waals surface area contributed by atoms with Crippen LogP contribution < -0.4 is 4.74 Å². The smallest absolute Gasteiger partial charge is 0.305 e. The van der Waals surface area contributed by atoms with Crippen LogP contribution in [-0.4, -0.2) is 40.3 Å². The zero-order valence-electron chi connectivity index (χ0n) is 12.0. The van der Waals surface area contributed by atoms with Gasteiger partial charge in [-0.1, -0.05) is 18.2 Å². The van der Waals surface area contributed by atoms with Crippen LogP contribution in [0.25, 0.3) is 6.08 Å². The van der Waals surface area contributed by atoms with Crippen molar-refractivity contribution in [3.8, 4) is 5.75 Å². The number of hydrogen-bond acceptors (Lipinski definition) is 5. The predicted octanol–water partition coefficient (Wildman–Crippen LogP) is 2.52. The highest BCUT2D eigenvalue weighted by atomic mass is 32.2. The highest BCUT2D eigenvalue weighted by Crippen LogP contribution is 2.33. The van der Waals surface area contributed by atoms with Gasteiger partial charge in [-0.3, -0.25) is 19.3 Å². The highest BCUT2D eigenvalue weighted by molar-refractivity contribution is 8.18. The van der Waals surface area contributed by atoms with Crippen molar-refractivity contribution < 1.29 is 24.2 Å². The van der Waals surface area contributed by atoms with Crippen molar-refractivity contribution in [2.45, 2.75) is 6.42 Å². The fourth-order valence-corrected chi connectivity index (χ4v) is 3.17. The van der Waals surface area contributed by atoms with Gasteiger partial charge in [-0.05, 0) is 35.6 Å². The predicted molar refractivity (Wildman–Crippen MR) is 84.9 cm³/mol. The molecule has 0 radical (unpaired) electrons. The molecule has 3 rings (SSSR count). The van der Waals surface area contributed by atoms with Crippen LogP contribution in [0, 0.1) is 0 Å². The van der Waals surface area contributed by atoms with Crippen LogP contribution in [0.3, 0.4) is 0 Å². The lowest BCUT2D eigenvalue weighted by Gasteiger charge is -2.16. The van der Waals surface area contributed by atoms with Gasteiger partial charge >= 0.3 is 5.97 Å². The van der Waals surface area contributed by atoms with Crippen molar-refractivity contribution in [3.63, 3.8) is 0 Å². The Bertz CT molecular complexity index is 753. The molecule has 1 aromatic rings. The summed E-state index contributed by atoms with van der Waals surface area (Å²) in [6.07, 6.45) is 3.27. The van der Waals surface area contributed by atoms with Crippen molar-refractivity contribution >= 4 is 35.0 Å². The fraction of sp³-hybridized carbons (Fsp3) is 0.188. The average Bonchev–Trinajstić information content (AvgIpc) is 2.79. The average molecular weight is 331 g/mol. The van der Waals surface area contributed by atoms with E-state index in [1.54, 1.807) is 6.08 Å². The SMILES string of the molecule is O=C(O)CCN1C(=O)S/C(=C/C2=Cc3ccccc3OC2)C1=O. The number of imide groups is 1. The number of carbonyl (C=O) groups excluding carboxylic acids is 2. The maximum absolute atomic E-state index is 12.2. The molecule has 0 aliphatic carbocycles. The minimum atomic E-state index is -1.05. The number of fused-ring (bicyclic) bond motifs is 1. The van der Waals surface area contributed by atoms with Crippen LogP contribution in [0.5, 0.6) is 5.75 Å². The summed E-state index contributed by atoms with van der Waals surface area (Å²) in [5, 5.41) is 8.23. The van der Waals surface area contributed by atoms with E-state index in [4.69, 9.17) is 9.84 Å². The molecule has 0 unspecified atom stereocenters. The maximum atomic E-state index is 12.2. The van der Waals surface area contributed by atoms with Crippen LogP contribution in [0.4, 0.5) is 4.79 Å². The molecule has 2 heterocycles. The molecule has 0 saturated carbocycles. The zero-order chi connectivity index (χ0) is 16.4. The van der Waals surface area contributed by atoms with Crippen LogP contribution in [0.15, 0.2) is 40.8 Å². The van der Waals surface area contributed by atoms with E-state index in [2.05, 4.69) is 0 Å². The van der Waals surface area contributed by atoms with Gasteiger partial charge in [0.1, 0.15) is 12.4 Å². The number of amides is 2. The number of rotatable bonds is 4. The Morgan fingerprint density at radius 3 is 2.91 bits per heavy atom. The number of benzene rings is 1. The van der Waals surface area contributed by atoms with Gasteiger partial charge in [0.25, 0.3) is 11.1 Å². The molecule has 1 saturated heterocycles. The first-order chi connectivity index (χ1) is 11.0. The second-order valence-electron chi connectivity index (χ2n) is 5.02. The third-order valence-electron chi connectivity index (χ3n) is 3.39. The lowest BCUT2D eigenvalue weighted by atomic mass is 10.1. The topological polar surface area (TPSA) is 83.9 Å². The summed E-state index contributed by atoms with van der Waals surface area (Å²) >= 11 is 0.818. The molecule has 2 aliphatic heterocycles. The molecule has 118 valence electrons. The molecular weight excluding hydrogens is 318 g/mol. The Balaban J connectivity index is 1.79. The van der Waals surface area contributed by atoms with Crippen LogP contribution in [0.2, 0.25) is 0 Å². The second-order valence-corrected chi connectivity index (χ2v) is 6.02. The van der Waals surface area contributed by atoms with E-state index < -0.39 is 17.1 Å². The van der Waals surface area contributed by atoms with Crippen molar-refractivity contribution in [2.24, 2.45) is 0 Å². The van der Waals surface area contributed by atoms with Gasteiger partial charge < -0.3 is 9.84 Å². The summed E-state index contributed by atoms with van der Waals surface area (Å²) in [4.78, 5) is 35.9. The molecule has 0 atom stereocenters. The molecule has 1 N–H and O–H groups in total. The number of aliphatic carboxylic acids is 1. The van der Waals surface area contributed by atoms with Crippen molar-refractivity contribution in [1.29, 1.82) is 0 Å². The van der Waals surface area contributed by atoms with Crippen LogP contribution in [-0.2, 0) is 9.59 Å². The quantitative estimate of drug-likeness (QED) is 0.854. The first-order valence-corrected chi connectivity index (χ1v) is 7.76. The number of hydrogen-bond donors (Lipinski definition) is 1. The Hall–Kier alpha value is -2.54. The van der Waals surface area contributed by atoms with E-state index in [9.17, 15) is 14.4 Å². The largest absolute Gasteiger partial charge is 0.488 e. The van der Waals surface area contributed by atoms with E-state index in [1.807, 2.05) is 30.3 Å². The standard InChI is InChI=1S/C16H13NO5S/c18-14(19)5-6-17-15(20)13(23-16(17)21)8-10-7-11-3-1-2-4-12(11)22-9-10/h1-4,7-8H,5-6,9H2,(H,18,19)/b13-8+. The Morgan fingerprint density at radius 2 is 2.13 bits per heavy atom. The van der Waals surface area contributed by atoms with Gasteiger partial charge in [0, 0.05) is 12.1 Å². The molecule has 23 heavy (non-hydrogen) atoms. The number of carboxylic acid groups (broad SMARTS) is 1. The minimum absolute atomic E-state index is 0.115. The molecule has 0 bridgehead atoms. The van der Waals surface area contributed by atoms with Crippen LogP contribution >= 0.6 is 11.8 Å². The molecule has 7 heteroatoms. The van der Waals surface area contributed by atoms with E-state index in [0.717, 1.165) is 33.5 Å². The van der Waals surface area contributed by atoms with E-state index in [0.29, 0.717) is 6.61 Å². The molecule has 1 fully saturated rings. The molecule has 2 amide bonds. The summed E-state index contributed by atoms with van der Waals surface area (Å²) in [7, 11) is 0. The summed E-state index contributed by atoms with van der Waals surface area (Å²) < 4.78 is 5.60. The number of carboxylic acids is 1. The van der Waals surface area contributed by atoms with Gasteiger partial charge in [0.2, 0.25) is 0 Å². The van der Waals surface area contributed by atoms with E-state index in [-0.39, 0.29) is 17.9 Å². The molecule has 0 aromatic heterocycles. The van der Waals surface area contributed by atoms with Gasteiger partial charge in [-0.15, -0.1) is 0 Å². The molecule has 2 aliphatic rings. The summed E-state index contributed by atoms with van der Waals surface area (Å²) in [6.45, 7) is 0.202. The first-order valence-electron chi connectivity index (χ1n) is 6.94. The third kappa shape index (κ3) is 3.29. The fourth-order valence-electron chi connectivity index (χ4n) is 2.29. The Kier molecular flexibility index (Phi) is 4.20. The molecular formula is C16H13NO5S.